The quantitative estimate of drug-likeness (QED) is 0.656. The molecule has 1 aromatic carbocycles. The normalized spacial score (nSPS) is 14.6. The fourth-order valence-electron chi connectivity index (χ4n) is 2.42. The minimum atomic E-state index is -5.15. The van der Waals surface area contributed by atoms with Crippen LogP contribution >= 0.6 is 0 Å². The van der Waals surface area contributed by atoms with E-state index in [1.807, 2.05) is 0 Å². The largest absolute Gasteiger partial charge is 0.573 e. The average molecular weight is 389 g/mol. The number of carbonyl (C=O) groups is 1. The van der Waals surface area contributed by atoms with Crippen LogP contribution in [-0.4, -0.2) is 30.3 Å². The summed E-state index contributed by atoms with van der Waals surface area (Å²) in [5.74, 6) is -4.74. The summed E-state index contributed by atoms with van der Waals surface area (Å²) in [5.41, 5.74) is 5.27. The minimum absolute atomic E-state index is 0.0842. The van der Waals surface area contributed by atoms with E-state index in [0.29, 0.717) is 6.07 Å². The number of alkyl halides is 6. The smallest absolute Gasteiger partial charge is 0.481 e. The molecule has 5 nitrogen and oxygen atoms in total. The van der Waals surface area contributed by atoms with Gasteiger partial charge in [0.25, 0.3) is 0 Å². The second-order valence-electron chi connectivity index (χ2n) is 5.41. The first kappa shape index (κ1) is 21.9. The van der Waals surface area contributed by atoms with Gasteiger partial charge < -0.3 is 20.3 Å². The highest BCUT2D eigenvalue weighted by Crippen LogP contribution is 2.39. The number of rotatable bonds is 8. The Kier molecular flexibility index (Phi) is 7.13. The van der Waals surface area contributed by atoms with E-state index in [1.165, 1.54) is 0 Å². The van der Waals surface area contributed by atoms with E-state index in [9.17, 15) is 31.1 Å². The minimum Gasteiger partial charge on any atom is -0.481 e. The van der Waals surface area contributed by atoms with Gasteiger partial charge in [-0.3, -0.25) is 4.79 Å². The number of benzene rings is 1. The first-order valence-electron chi connectivity index (χ1n) is 7.44. The van der Waals surface area contributed by atoms with Gasteiger partial charge >= 0.3 is 18.7 Å². The van der Waals surface area contributed by atoms with E-state index in [-0.39, 0.29) is 24.9 Å². The fraction of sp³-hybridized carbons (Fsp3) is 0.533. The maximum atomic E-state index is 12.6. The predicted molar refractivity (Wildman–Crippen MR) is 77.6 cm³/mol. The zero-order valence-corrected chi connectivity index (χ0v) is 13.5. The van der Waals surface area contributed by atoms with Crippen molar-refractivity contribution in [3.63, 3.8) is 0 Å². The van der Waals surface area contributed by atoms with Crippen LogP contribution in [0.2, 0.25) is 0 Å². The number of nitrogens with two attached hydrogens (primary N) is 1. The van der Waals surface area contributed by atoms with Gasteiger partial charge in [-0.05, 0) is 30.4 Å². The van der Waals surface area contributed by atoms with E-state index in [4.69, 9.17) is 10.8 Å². The summed E-state index contributed by atoms with van der Waals surface area (Å²) in [6.07, 6.45) is -10.1. The molecule has 0 saturated heterocycles. The first-order valence-corrected chi connectivity index (χ1v) is 7.44. The van der Waals surface area contributed by atoms with E-state index < -0.39 is 42.0 Å². The first-order chi connectivity index (χ1) is 11.9. The fourth-order valence-corrected chi connectivity index (χ4v) is 2.42. The number of hydrogen-bond acceptors (Lipinski definition) is 4. The number of carboxylic acids is 1. The Morgan fingerprint density at radius 2 is 1.73 bits per heavy atom. The van der Waals surface area contributed by atoms with Gasteiger partial charge in [0, 0.05) is 12.6 Å². The summed E-state index contributed by atoms with van der Waals surface area (Å²) < 4.78 is 82.1. The molecule has 26 heavy (non-hydrogen) atoms. The highest BCUT2D eigenvalue weighted by Gasteiger charge is 2.35. The lowest BCUT2D eigenvalue weighted by Crippen LogP contribution is -2.26. The van der Waals surface area contributed by atoms with E-state index in [2.05, 4.69) is 9.47 Å². The molecule has 0 saturated carbocycles. The number of halogens is 6. The van der Waals surface area contributed by atoms with Crippen molar-refractivity contribution in [3.8, 4) is 11.5 Å². The highest BCUT2D eigenvalue weighted by atomic mass is 19.4. The molecule has 0 bridgehead atoms. The van der Waals surface area contributed by atoms with E-state index in [0.717, 1.165) is 12.1 Å². The molecule has 0 aromatic heterocycles. The molecule has 148 valence electrons. The molecule has 11 heteroatoms. The lowest BCUT2D eigenvalue weighted by atomic mass is 9.86. The lowest BCUT2D eigenvalue weighted by Gasteiger charge is -2.23. The van der Waals surface area contributed by atoms with Gasteiger partial charge in [0.15, 0.2) is 0 Å². The molecule has 3 N–H and O–H groups in total. The topological polar surface area (TPSA) is 81.8 Å². The van der Waals surface area contributed by atoms with Gasteiger partial charge in [0.05, 0.1) is 5.92 Å². The van der Waals surface area contributed by atoms with Gasteiger partial charge in [0.1, 0.15) is 11.5 Å². The molecule has 0 spiro atoms. The van der Waals surface area contributed by atoms with Crippen molar-refractivity contribution in [3.05, 3.63) is 23.8 Å². The predicted octanol–water partition coefficient (Wildman–Crippen LogP) is 4.03. The molecule has 1 rings (SSSR count). The molecule has 0 aliphatic rings. The third-order valence-electron chi connectivity index (χ3n) is 3.58. The molecule has 0 aliphatic heterocycles. The third kappa shape index (κ3) is 6.98. The molecule has 2 atom stereocenters. The second kappa shape index (κ2) is 8.47. The number of ether oxygens (including phenoxy) is 2. The third-order valence-corrected chi connectivity index (χ3v) is 3.58. The maximum absolute atomic E-state index is 12.6. The molecule has 0 amide bonds. The van der Waals surface area contributed by atoms with Crippen LogP contribution in [0, 0.1) is 5.92 Å². The lowest BCUT2D eigenvalue weighted by molar-refractivity contribution is -0.276. The molecular formula is C15H17F6NO4. The van der Waals surface area contributed by atoms with Gasteiger partial charge in [-0.15, -0.1) is 26.3 Å². The van der Waals surface area contributed by atoms with E-state index in [1.54, 1.807) is 6.92 Å². The van der Waals surface area contributed by atoms with Crippen LogP contribution in [0.5, 0.6) is 11.5 Å². The van der Waals surface area contributed by atoms with Gasteiger partial charge in [-0.1, -0.05) is 13.0 Å². The van der Waals surface area contributed by atoms with Crippen LogP contribution in [0.3, 0.4) is 0 Å². The molecule has 0 radical (unpaired) electrons. The number of hydrogen-bond donors (Lipinski definition) is 2. The Bertz CT molecular complexity index is 617. The Morgan fingerprint density at radius 1 is 1.15 bits per heavy atom. The average Bonchev–Trinajstić information content (AvgIpc) is 2.46. The van der Waals surface area contributed by atoms with Crippen LogP contribution in [0.15, 0.2) is 18.2 Å². The van der Waals surface area contributed by atoms with Crippen molar-refractivity contribution >= 4 is 5.97 Å². The molecule has 0 aliphatic carbocycles. The highest BCUT2D eigenvalue weighted by molar-refractivity contribution is 5.70. The molecular weight excluding hydrogens is 372 g/mol. The Hall–Kier alpha value is -2.17. The zero-order chi connectivity index (χ0) is 20.1. The summed E-state index contributed by atoms with van der Waals surface area (Å²) in [4.78, 5) is 11.1. The Morgan fingerprint density at radius 3 is 2.15 bits per heavy atom. The molecule has 0 fully saturated rings. The molecule has 0 heterocycles. The van der Waals surface area contributed by atoms with Crippen LogP contribution in [0.4, 0.5) is 26.3 Å². The standard InChI is InChI=1S/C15H17F6NO4/c1-2-8(5-9(7-22)13(23)24)11-4-3-10(25-14(16,17)18)6-12(11)26-15(19,20)21/h3-4,6,8-9H,2,5,7,22H2,1H3,(H,23,24). The van der Waals surface area contributed by atoms with Crippen molar-refractivity contribution in [2.24, 2.45) is 11.7 Å². The number of aliphatic carboxylic acids is 1. The van der Waals surface area contributed by atoms with Crippen molar-refractivity contribution in [1.82, 2.24) is 0 Å². The van der Waals surface area contributed by atoms with Crippen molar-refractivity contribution in [2.45, 2.75) is 38.4 Å². The summed E-state index contributed by atoms with van der Waals surface area (Å²) in [7, 11) is 0. The van der Waals surface area contributed by atoms with Crippen LogP contribution in [0.1, 0.15) is 31.2 Å². The summed E-state index contributed by atoms with van der Waals surface area (Å²) >= 11 is 0. The second-order valence-corrected chi connectivity index (χ2v) is 5.41. The summed E-state index contributed by atoms with van der Waals surface area (Å²) in [5, 5.41) is 9.06. The van der Waals surface area contributed by atoms with Crippen LogP contribution < -0.4 is 15.2 Å². The maximum Gasteiger partial charge on any atom is 0.573 e. The molecule has 2 unspecified atom stereocenters. The van der Waals surface area contributed by atoms with Gasteiger partial charge in [-0.2, -0.15) is 0 Å². The van der Waals surface area contributed by atoms with Gasteiger partial charge in [-0.25, -0.2) is 0 Å². The summed E-state index contributed by atoms with van der Waals surface area (Å²) in [6, 6.07) is 2.30. The monoisotopic (exact) mass is 389 g/mol. The van der Waals surface area contributed by atoms with Crippen LogP contribution in [-0.2, 0) is 4.79 Å². The van der Waals surface area contributed by atoms with E-state index >= 15 is 0 Å². The SMILES string of the molecule is CCC(CC(CN)C(=O)O)c1ccc(OC(F)(F)F)cc1OC(F)(F)F. The Balaban J connectivity index is 3.26. The molecule has 1 aromatic rings. The number of carboxylic acid groups (broad SMARTS) is 1. The summed E-state index contributed by atoms with van der Waals surface area (Å²) in [6.45, 7) is 1.36. The Labute approximate surface area is 144 Å². The van der Waals surface area contributed by atoms with Crippen LogP contribution in [0.25, 0.3) is 0 Å². The zero-order valence-electron chi connectivity index (χ0n) is 13.5. The van der Waals surface area contributed by atoms with Crippen molar-refractivity contribution < 1.29 is 45.7 Å². The van der Waals surface area contributed by atoms with Crippen molar-refractivity contribution in [1.29, 1.82) is 0 Å². The van der Waals surface area contributed by atoms with Gasteiger partial charge in [0.2, 0.25) is 0 Å². The van der Waals surface area contributed by atoms with Crippen molar-refractivity contribution in [2.75, 3.05) is 6.54 Å².